The molecular weight excluding hydrogens is 206 g/mol. The summed E-state index contributed by atoms with van der Waals surface area (Å²) in [6.45, 7) is 2.27. The van der Waals surface area contributed by atoms with Crippen LogP contribution in [0.1, 0.15) is 45.4 Å². The molecule has 0 saturated heterocycles. The molecule has 0 aromatic carbocycles. The van der Waals surface area contributed by atoms with Crippen LogP contribution in [0.25, 0.3) is 0 Å². The summed E-state index contributed by atoms with van der Waals surface area (Å²) in [7, 11) is 2.85. The molecule has 0 aromatic heterocycles. The van der Waals surface area contributed by atoms with Crippen LogP contribution in [0.4, 0.5) is 0 Å². The molecular formula is C8H19PSe. The van der Waals surface area contributed by atoms with Crippen LogP contribution in [-0.4, -0.2) is 14.5 Å². The van der Waals surface area contributed by atoms with E-state index in [1.807, 2.05) is 0 Å². The maximum absolute atomic E-state index is 2.85. The predicted octanol–water partition coefficient (Wildman–Crippen LogP) is 3.26. The molecule has 62 valence electrons. The van der Waals surface area contributed by atoms with Gasteiger partial charge in [-0.2, -0.15) is 0 Å². The number of rotatable bonds is 7. The number of hydrogen-bond donors (Lipinski definition) is 0. The van der Waals surface area contributed by atoms with Crippen LogP contribution in [0, 0.1) is 0 Å². The predicted molar refractivity (Wildman–Crippen MR) is 53.6 cm³/mol. The summed E-state index contributed by atoms with van der Waals surface area (Å²) in [5, 5.41) is 1.46. The Kier molecular flexibility index (Phi) is 10.9. The molecule has 0 nitrogen and oxygen atoms in total. The molecule has 0 saturated carbocycles. The molecule has 2 heteroatoms. The van der Waals surface area contributed by atoms with Crippen molar-refractivity contribution in [2.24, 2.45) is 0 Å². The third-order valence-electron chi connectivity index (χ3n) is 1.62. The summed E-state index contributed by atoms with van der Waals surface area (Å²) in [5.41, 5.74) is 0. The Morgan fingerprint density at radius 1 is 1.00 bits per heavy atom. The molecule has 0 radical (unpaired) electrons. The van der Waals surface area contributed by atoms with Crippen molar-refractivity contribution in [2.45, 2.75) is 50.8 Å². The van der Waals surface area contributed by atoms with Crippen molar-refractivity contribution in [3.8, 4) is 0 Å². The van der Waals surface area contributed by atoms with Gasteiger partial charge in [0, 0.05) is 0 Å². The quantitative estimate of drug-likeness (QED) is 0.354. The van der Waals surface area contributed by atoms with E-state index in [0.29, 0.717) is 0 Å². The standard InChI is InChI=1S/C8H19PSe/c1-2-3-4-5-6-7-8-10-9/h2-9H2,1H3. The fraction of sp³-hybridized carbons (Fsp3) is 1.00. The zero-order valence-corrected chi connectivity index (χ0v) is 9.80. The van der Waals surface area contributed by atoms with Gasteiger partial charge in [-0.3, -0.25) is 0 Å². The third kappa shape index (κ3) is 8.95. The van der Waals surface area contributed by atoms with E-state index < -0.39 is 0 Å². The van der Waals surface area contributed by atoms with Gasteiger partial charge in [-0.25, -0.2) is 0 Å². The topological polar surface area (TPSA) is 0 Å². The second-order valence-corrected chi connectivity index (χ2v) is 5.93. The van der Waals surface area contributed by atoms with Crippen molar-refractivity contribution in [1.29, 1.82) is 0 Å². The van der Waals surface area contributed by atoms with E-state index in [2.05, 4.69) is 14.9 Å². The van der Waals surface area contributed by atoms with Crippen molar-refractivity contribution in [3.63, 3.8) is 0 Å². The second kappa shape index (κ2) is 9.95. The number of hydrogen-bond acceptors (Lipinski definition) is 0. The Labute approximate surface area is 73.5 Å². The normalized spacial score (nSPS) is 10.2. The zero-order valence-electron chi connectivity index (χ0n) is 6.94. The fourth-order valence-electron chi connectivity index (χ4n) is 0.966. The first kappa shape index (κ1) is 10.9. The van der Waals surface area contributed by atoms with Gasteiger partial charge < -0.3 is 0 Å². The van der Waals surface area contributed by atoms with Gasteiger partial charge in [0.15, 0.2) is 0 Å². The third-order valence-corrected chi connectivity index (χ3v) is 3.94. The molecule has 1 unspecified atom stereocenters. The average Bonchev–Trinajstić information content (AvgIpc) is 1.97. The summed E-state index contributed by atoms with van der Waals surface area (Å²) >= 11 is 0.838. The van der Waals surface area contributed by atoms with Crippen LogP contribution >= 0.6 is 7.93 Å². The Balaban J connectivity index is 2.65. The molecule has 0 aromatic rings. The minimum atomic E-state index is 0.838. The van der Waals surface area contributed by atoms with Crippen LogP contribution in [0.5, 0.6) is 0 Å². The van der Waals surface area contributed by atoms with Gasteiger partial charge in [-0.15, -0.1) is 0 Å². The van der Waals surface area contributed by atoms with Crippen LogP contribution < -0.4 is 0 Å². The van der Waals surface area contributed by atoms with Crippen molar-refractivity contribution in [3.05, 3.63) is 0 Å². The Morgan fingerprint density at radius 3 is 2.20 bits per heavy atom. The van der Waals surface area contributed by atoms with E-state index in [-0.39, 0.29) is 0 Å². The zero-order chi connectivity index (χ0) is 7.66. The fourth-order valence-corrected chi connectivity index (χ4v) is 2.61. The van der Waals surface area contributed by atoms with Gasteiger partial charge in [0.1, 0.15) is 0 Å². The first-order valence-electron chi connectivity index (χ1n) is 4.23. The van der Waals surface area contributed by atoms with Gasteiger partial charge in [0.05, 0.1) is 0 Å². The van der Waals surface area contributed by atoms with Gasteiger partial charge in [-0.05, 0) is 0 Å². The second-order valence-electron chi connectivity index (χ2n) is 2.64. The van der Waals surface area contributed by atoms with Crippen molar-refractivity contribution >= 4 is 22.4 Å². The van der Waals surface area contributed by atoms with Gasteiger partial charge in [0.2, 0.25) is 0 Å². The Bertz CT molecular complexity index is 49.2. The molecule has 0 spiro atoms. The summed E-state index contributed by atoms with van der Waals surface area (Å²) in [5.74, 6) is 0. The van der Waals surface area contributed by atoms with E-state index in [0.717, 1.165) is 14.5 Å². The van der Waals surface area contributed by atoms with E-state index >= 15 is 0 Å². The molecule has 0 heterocycles. The van der Waals surface area contributed by atoms with Crippen LogP contribution in [0.15, 0.2) is 0 Å². The molecule has 0 bridgehead atoms. The molecule has 0 aliphatic rings. The van der Waals surface area contributed by atoms with Crippen molar-refractivity contribution < 1.29 is 0 Å². The van der Waals surface area contributed by atoms with Crippen LogP contribution in [-0.2, 0) is 0 Å². The van der Waals surface area contributed by atoms with E-state index in [9.17, 15) is 0 Å². The Hall–Kier alpha value is 0.949. The molecule has 0 N–H and O–H groups in total. The van der Waals surface area contributed by atoms with Gasteiger partial charge >= 0.3 is 73.2 Å². The molecule has 0 fully saturated rings. The molecule has 0 rings (SSSR count). The molecule has 0 aliphatic carbocycles. The summed E-state index contributed by atoms with van der Waals surface area (Å²) in [4.78, 5) is 0. The van der Waals surface area contributed by atoms with E-state index in [4.69, 9.17) is 0 Å². The molecule has 0 amide bonds. The summed E-state index contributed by atoms with van der Waals surface area (Å²) < 4.78 is 0. The average molecular weight is 225 g/mol. The number of unbranched alkanes of at least 4 members (excludes halogenated alkanes) is 5. The first-order chi connectivity index (χ1) is 4.91. The van der Waals surface area contributed by atoms with Crippen molar-refractivity contribution in [1.82, 2.24) is 0 Å². The summed E-state index contributed by atoms with van der Waals surface area (Å²) in [6, 6.07) is 0. The minimum absolute atomic E-state index is 0.838. The summed E-state index contributed by atoms with van der Waals surface area (Å²) in [6.07, 6.45) is 8.66. The monoisotopic (exact) mass is 226 g/mol. The first-order valence-corrected chi connectivity index (χ1v) is 8.88. The Morgan fingerprint density at radius 2 is 1.60 bits per heavy atom. The SMILES string of the molecule is CCCCCCCC[Se]P. The van der Waals surface area contributed by atoms with Crippen LogP contribution in [0.3, 0.4) is 0 Å². The van der Waals surface area contributed by atoms with Gasteiger partial charge in [-0.1, -0.05) is 0 Å². The van der Waals surface area contributed by atoms with Gasteiger partial charge in [0.25, 0.3) is 0 Å². The van der Waals surface area contributed by atoms with E-state index in [1.165, 1.54) is 43.8 Å². The van der Waals surface area contributed by atoms with Crippen LogP contribution in [0.2, 0.25) is 5.32 Å². The molecule has 10 heavy (non-hydrogen) atoms. The van der Waals surface area contributed by atoms with Crippen molar-refractivity contribution in [2.75, 3.05) is 0 Å². The molecule has 0 aliphatic heterocycles. The maximum atomic E-state index is 2.85. The van der Waals surface area contributed by atoms with E-state index in [1.54, 1.807) is 0 Å². The molecule has 1 atom stereocenters.